The molecular weight excluding hydrogens is 325 g/mol. The minimum Gasteiger partial charge on any atom is -0.493 e. The maximum absolute atomic E-state index is 12.2. The Kier molecular flexibility index (Phi) is 5.52. The summed E-state index contributed by atoms with van der Waals surface area (Å²) in [7, 11) is 1.54. The van der Waals surface area contributed by atoms with Gasteiger partial charge in [0.2, 0.25) is 0 Å². The lowest BCUT2D eigenvalue weighted by Gasteiger charge is -2.16. The summed E-state index contributed by atoms with van der Waals surface area (Å²) in [5.41, 5.74) is 0.551. The number of rotatable bonds is 5. The number of carbonyl (C=O) groups is 1. The Balaban J connectivity index is 2.04. The smallest absolute Gasteiger partial charge is 0.265 e. The molecule has 0 saturated carbocycles. The van der Waals surface area contributed by atoms with E-state index in [-0.39, 0.29) is 5.91 Å². The van der Waals surface area contributed by atoms with Crippen LogP contribution >= 0.6 is 23.2 Å². The quantitative estimate of drug-likeness (QED) is 0.877. The fraction of sp³-hybridized carbons (Fsp3) is 0.188. The summed E-state index contributed by atoms with van der Waals surface area (Å²) in [6.45, 7) is 1.65. The lowest BCUT2D eigenvalue weighted by atomic mass is 10.3. The van der Waals surface area contributed by atoms with Gasteiger partial charge in [-0.3, -0.25) is 4.79 Å². The Morgan fingerprint density at radius 3 is 2.41 bits per heavy atom. The van der Waals surface area contributed by atoms with E-state index in [1.807, 2.05) is 6.07 Å². The third-order valence-electron chi connectivity index (χ3n) is 2.93. The molecule has 1 atom stereocenters. The average molecular weight is 340 g/mol. The zero-order valence-electron chi connectivity index (χ0n) is 12.1. The molecule has 0 spiro atoms. The fourth-order valence-corrected chi connectivity index (χ4v) is 2.08. The highest BCUT2D eigenvalue weighted by Crippen LogP contribution is 2.28. The first-order valence-electron chi connectivity index (χ1n) is 6.57. The van der Waals surface area contributed by atoms with Gasteiger partial charge in [0.05, 0.1) is 17.2 Å². The number of hydrogen-bond acceptors (Lipinski definition) is 3. The van der Waals surface area contributed by atoms with E-state index in [1.54, 1.807) is 50.4 Å². The van der Waals surface area contributed by atoms with Gasteiger partial charge in [0.25, 0.3) is 5.91 Å². The normalized spacial score (nSPS) is 11.6. The number of halogens is 2. The van der Waals surface area contributed by atoms with Crippen LogP contribution in [0.15, 0.2) is 42.5 Å². The molecular formula is C16H15Cl2NO3. The minimum atomic E-state index is -0.703. The van der Waals surface area contributed by atoms with E-state index in [0.29, 0.717) is 27.2 Å². The van der Waals surface area contributed by atoms with E-state index >= 15 is 0 Å². The van der Waals surface area contributed by atoms with Crippen molar-refractivity contribution in [1.82, 2.24) is 0 Å². The van der Waals surface area contributed by atoms with Crippen LogP contribution in [-0.2, 0) is 4.79 Å². The van der Waals surface area contributed by atoms with Crippen molar-refractivity contribution in [2.45, 2.75) is 13.0 Å². The number of hydrogen-bond donors (Lipinski definition) is 1. The first-order chi connectivity index (χ1) is 10.5. The number of methoxy groups -OCH3 is 1. The molecule has 0 aliphatic carbocycles. The maximum atomic E-state index is 12.2. The van der Waals surface area contributed by atoms with Crippen molar-refractivity contribution in [3.63, 3.8) is 0 Å². The third-order valence-corrected chi connectivity index (χ3v) is 3.67. The molecule has 2 aromatic carbocycles. The summed E-state index contributed by atoms with van der Waals surface area (Å²) in [6.07, 6.45) is -0.703. The van der Waals surface area contributed by atoms with Crippen LogP contribution in [0.5, 0.6) is 11.5 Å². The topological polar surface area (TPSA) is 47.6 Å². The van der Waals surface area contributed by atoms with E-state index in [4.69, 9.17) is 32.7 Å². The van der Waals surface area contributed by atoms with Crippen molar-refractivity contribution in [3.05, 3.63) is 52.5 Å². The summed E-state index contributed by atoms with van der Waals surface area (Å²) in [5, 5.41) is 3.52. The molecule has 0 unspecified atom stereocenters. The Labute approximate surface area is 138 Å². The predicted molar refractivity (Wildman–Crippen MR) is 88.2 cm³/mol. The average Bonchev–Trinajstić information content (AvgIpc) is 2.51. The van der Waals surface area contributed by atoms with Crippen LogP contribution in [0.2, 0.25) is 10.0 Å². The zero-order valence-corrected chi connectivity index (χ0v) is 13.6. The molecule has 0 radical (unpaired) electrons. The molecule has 2 aromatic rings. The van der Waals surface area contributed by atoms with E-state index in [0.717, 1.165) is 0 Å². The highest BCUT2D eigenvalue weighted by atomic mass is 35.5. The van der Waals surface area contributed by atoms with Gasteiger partial charge in [-0.15, -0.1) is 0 Å². The largest absolute Gasteiger partial charge is 0.493 e. The predicted octanol–water partition coefficient (Wildman–Crippen LogP) is 4.41. The number of carbonyl (C=O) groups excluding carboxylic acids is 1. The SMILES string of the molecule is COc1ccccc1O[C@H](C)C(=O)Nc1ccc(Cl)c(Cl)c1. The van der Waals surface area contributed by atoms with Gasteiger partial charge in [-0.25, -0.2) is 0 Å². The first-order valence-corrected chi connectivity index (χ1v) is 7.32. The second-order valence-corrected chi connectivity index (χ2v) is 5.34. The second kappa shape index (κ2) is 7.38. The van der Waals surface area contributed by atoms with E-state index in [9.17, 15) is 4.79 Å². The van der Waals surface area contributed by atoms with Crippen LogP contribution in [0.1, 0.15) is 6.92 Å². The first kappa shape index (κ1) is 16.5. The highest BCUT2D eigenvalue weighted by Gasteiger charge is 2.17. The van der Waals surface area contributed by atoms with E-state index < -0.39 is 6.10 Å². The summed E-state index contributed by atoms with van der Waals surface area (Å²) < 4.78 is 10.8. The Bertz CT molecular complexity index is 676. The van der Waals surface area contributed by atoms with Gasteiger partial charge in [-0.05, 0) is 37.3 Å². The minimum absolute atomic E-state index is 0.302. The fourth-order valence-electron chi connectivity index (χ4n) is 1.78. The van der Waals surface area contributed by atoms with Crippen molar-refractivity contribution >= 4 is 34.8 Å². The van der Waals surface area contributed by atoms with Gasteiger partial charge in [0.15, 0.2) is 17.6 Å². The van der Waals surface area contributed by atoms with Crippen LogP contribution in [0.4, 0.5) is 5.69 Å². The maximum Gasteiger partial charge on any atom is 0.265 e. The number of ether oxygens (including phenoxy) is 2. The Hall–Kier alpha value is -1.91. The summed E-state index contributed by atoms with van der Waals surface area (Å²) in [6, 6.07) is 12.0. The van der Waals surface area contributed by atoms with Crippen molar-refractivity contribution in [2.75, 3.05) is 12.4 Å². The van der Waals surface area contributed by atoms with Gasteiger partial charge >= 0.3 is 0 Å². The molecule has 0 aliphatic rings. The van der Waals surface area contributed by atoms with Gasteiger partial charge in [-0.1, -0.05) is 35.3 Å². The van der Waals surface area contributed by atoms with Crippen LogP contribution in [0, 0.1) is 0 Å². The molecule has 1 amide bonds. The van der Waals surface area contributed by atoms with Crippen LogP contribution in [0.3, 0.4) is 0 Å². The third kappa shape index (κ3) is 4.06. The zero-order chi connectivity index (χ0) is 16.1. The van der Waals surface area contributed by atoms with Gasteiger partial charge in [-0.2, -0.15) is 0 Å². The summed E-state index contributed by atoms with van der Waals surface area (Å²) in [4.78, 5) is 12.2. The van der Waals surface area contributed by atoms with Gasteiger partial charge in [0.1, 0.15) is 0 Å². The summed E-state index contributed by atoms with van der Waals surface area (Å²) >= 11 is 11.8. The van der Waals surface area contributed by atoms with E-state index in [2.05, 4.69) is 5.32 Å². The van der Waals surface area contributed by atoms with Gasteiger partial charge in [0, 0.05) is 5.69 Å². The second-order valence-electron chi connectivity index (χ2n) is 4.53. The van der Waals surface area contributed by atoms with Crippen molar-refractivity contribution < 1.29 is 14.3 Å². The number of nitrogens with one attached hydrogen (secondary N) is 1. The molecule has 116 valence electrons. The molecule has 0 aliphatic heterocycles. The highest BCUT2D eigenvalue weighted by molar-refractivity contribution is 6.42. The van der Waals surface area contributed by atoms with Crippen molar-refractivity contribution in [2.24, 2.45) is 0 Å². The lowest BCUT2D eigenvalue weighted by molar-refractivity contribution is -0.122. The van der Waals surface area contributed by atoms with Crippen molar-refractivity contribution in [1.29, 1.82) is 0 Å². The number of amides is 1. The van der Waals surface area contributed by atoms with Crippen molar-refractivity contribution in [3.8, 4) is 11.5 Å². The Morgan fingerprint density at radius 1 is 1.09 bits per heavy atom. The molecule has 0 aromatic heterocycles. The molecule has 4 nitrogen and oxygen atoms in total. The van der Waals surface area contributed by atoms with Gasteiger partial charge < -0.3 is 14.8 Å². The molecule has 0 heterocycles. The standard InChI is InChI=1S/C16H15Cl2NO3/c1-10(22-15-6-4-3-5-14(15)21-2)16(20)19-11-7-8-12(17)13(18)9-11/h3-10H,1-2H3,(H,19,20)/t10-/m1/s1. The van der Waals surface area contributed by atoms with Crippen LogP contribution < -0.4 is 14.8 Å². The Morgan fingerprint density at radius 2 is 1.77 bits per heavy atom. The molecule has 6 heteroatoms. The monoisotopic (exact) mass is 339 g/mol. The molecule has 22 heavy (non-hydrogen) atoms. The lowest BCUT2D eigenvalue weighted by Crippen LogP contribution is -2.30. The molecule has 1 N–H and O–H groups in total. The molecule has 0 saturated heterocycles. The molecule has 0 fully saturated rings. The molecule has 2 rings (SSSR count). The number of benzene rings is 2. The van der Waals surface area contributed by atoms with Crippen LogP contribution in [0.25, 0.3) is 0 Å². The van der Waals surface area contributed by atoms with Crippen LogP contribution in [-0.4, -0.2) is 19.1 Å². The molecule has 0 bridgehead atoms. The van der Waals surface area contributed by atoms with E-state index in [1.165, 1.54) is 0 Å². The number of anilines is 1. The summed E-state index contributed by atoms with van der Waals surface area (Å²) in [5.74, 6) is 0.766. The number of para-hydroxylation sites is 2.